The van der Waals surface area contributed by atoms with Crippen LogP contribution in [0.15, 0.2) is 48.7 Å². The number of nitrogens with zero attached hydrogens (tertiary/aromatic N) is 3. The van der Waals surface area contributed by atoms with Crippen LogP contribution in [0.1, 0.15) is 58.6 Å². The van der Waals surface area contributed by atoms with E-state index >= 15 is 0 Å². The van der Waals surface area contributed by atoms with E-state index in [1.807, 2.05) is 68.1 Å². The van der Waals surface area contributed by atoms with Gasteiger partial charge in [0, 0.05) is 19.7 Å². The molecule has 1 fully saturated rings. The SMILES string of the molecule is CC(=O)N1CCCC[C@H]1c1ccc(N(C(=O)OC(C)(C)C)c2ccccc2)nc1. The Morgan fingerprint density at radius 1 is 1.10 bits per heavy atom. The quantitative estimate of drug-likeness (QED) is 0.714. The number of anilines is 2. The summed E-state index contributed by atoms with van der Waals surface area (Å²) in [5.41, 5.74) is 1.06. The van der Waals surface area contributed by atoms with E-state index in [2.05, 4.69) is 4.98 Å². The van der Waals surface area contributed by atoms with Crippen LogP contribution >= 0.6 is 0 Å². The summed E-state index contributed by atoms with van der Waals surface area (Å²) >= 11 is 0. The molecule has 0 unspecified atom stereocenters. The lowest BCUT2D eigenvalue weighted by Gasteiger charge is -2.35. The third-order valence-corrected chi connectivity index (χ3v) is 4.88. The molecule has 1 atom stereocenters. The van der Waals surface area contributed by atoms with Gasteiger partial charge in [-0.2, -0.15) is 0 Å². The van der Waals surface area contributed by atoms with Crippen molar-refractivity contribution in [3.05, 3.63) is 54.2 Å². The minimum Gasteiger partial charge on any atom is -0.443 e. The molecule has 1 saturated heterocycles. The summed E-state index contributed by atoms with van der Waals surface area (Å²) in [6.07, 6.45) is 4.33. The van der Waals surface area contributed by atoms with Crippen LogP contribution in [0, 0.1) is 0 Å². The zero-order valence-corrected chi connectivity index (χ0v) is 17.6. The number of carbonyl (C=O) groups excluding carboxylic acids is 2. The monoisotopic (exact) mass is 395 g/mol. The molecular weight excluding hydrogens is 366 g/mol. The van der Waals surface area contributed by atoms with E-state index in [4.69, 9.17) is 4.74 Å². The van der Waals surface area contributed by atoms with E-state index < -0.39 is 11.7 Å². The third-order valence-electron chi connectivity index (χ3n) is 4.88. The van der Waals surface area contributed by atoms with Crippen molar-refractivity contribution in [3.8, 4) is 0 Å². The van der Waals surface area contributed by atoms with Crippen LogP contribution in [0.3, 0.4) is 0 Å². The van der Waals surface area contributed by atoms with Gasteiger partial charge in [0.1, 0.15) is 11.4 Å². The zero-order valence-electron chi connectivity index (χ0n) is 17.6. The van der Waals surface area contributed by atoms with Gasteiger partial charge in [-0.3, -0.25) is 4.79 Å². The summed E-state index contributed by atoms with van der Waals surface area (Å²) in [5.74, 6) is 0.567. The Bertz CT molecular complexity index is 844. The largest absolute Gasteiger partial charge is 0.443 e. The number of benzene rings is 1. The number of piperidine rings is 1. The number of rotatable bonds is 3. The summed E-state index contributed by atoms with van der Waals surface area (Å²) in [5, 5.41) is 0. The van der Waals surface area contributed by atoms with Crippen LogP contribution in [-0.4, -0.2) is 34.0 Å². The van der Waals surface area contributed by atoms with E-state index in [0.29, 0.717) is 11.5 Å². The molecule has 0 radical (unpaired) electrons. The van der Waals surface area contributed by atoms with Gasteiger partial charge in [0.2, 0.25) is 5.91 Å². The van der Waals surface area contributed by atoms with E-state index in [1.165, 1.54) is 4.90 Å². The second-order valence-corrected chi connectivity index (χ2v) is 8.33. The molecule has 154 valence electrons. The smallest absolute Gasteiger partial charge is 0.420 e. The van der Waals surface area contributed by atoms with Gasteiger partial charge >= 0.3 is 6.09 Å². The van der Waals surface area contributed by atoms with Crippen LogP contribution < -0.4 is 4.90 Å². The first kappa shape index (κ1) is 20.8. The van der Waals surface area contributed by atoms with E-state index in [9.17, 15) is 9.59 Å². The van der Waals surface area contributed by atoms with Crippen molar-refractivity contribution in [2.75, 3.05) is 11.4 Å². The number of para-hydroxylation sites is 1. The number of carbonyl (C=O) groups is 2. The van der Waals surface area contributed by atoms with Crippen LogP contribution in [0.25, 0.3) is 0 Å². The van der Waals surface area contributed by atoms with E-state index in [0.717, 1.165) is 31.4 Å². The number of hydrogen-bond donors (Lipinski definition) is 0. The van der Waals surface area contributed by atoms with Crippen molar-refractivity contribution in [2.45, 2.75) is 58.6 Å². The van der Waals surface area contributed by atoms with Crippen molar-refractivity contribution in [1.82, 2.24) is 9.88 Å². The highest BCUT2D eigenvalue weighted by Crippen LogP contribution is 2.32. The van der Waals surface area contributed by atoms with E-state index in [-0.39, 0.29) is 11.9 Å². The number of ether oxygens (including phenoxy) is 1. The number of aromatic nitrogens is 1. The predicted octanol–water partition coefficient (Wildman–Crippen LogP) is 5.23. The molecule has 1 aliphatic rings. The molecule has 1 aromatic carbocycles. The zero-order chi connectivity index (χ0) is 21.0. The average Bonchev–Trinajstić information content (AvgIpc) is 2.68. The molecule has 0 aliphatic carbocycles. The number of hydrogen-bond acceptors (Lipinski definition) is 4. The van der Waals surface area contributed by atoms with Crippen LogP contribution in [0.5, 0.6) is 0 Å². The second kappa shape index (κ2) is 8.64. The van der Waals surface area contributed by atoms with Gasteiger partial charge < -0.3 is 9.64 Å². The van der Waals surface area contributed by atoms with Gasteiger partial charge in [0.15, 0.2) is 0 Å². The maximum atomic E-state index is 12.9. The molecule has 0 bridgehead atoms. The Labute approximate surface area is 172 Å². The average molecular weight is 396 g/mol. The maximum absolute atomic E-state index is 12.9. The first-order valence-electron chi connectivity index (χ1n) is 10.1. The third kappa shape index (κ3) is 5.13. The fourth-order valence-electron chi connectivity index (χ4n) is 3.60. The lowest BCUT2D eigenvalue weighted by atomic mass is 9.96. The van der Waals surface area contributed by atoms with Crippen molar-refractivity contribution in [1.29, 1.82) is 0 Å². The maximum Gasteiger partial charge on any atom is 0.420 e. The lowest BCUT2D eigenvalue weighted by molar-refractivity contribution is -0.132. The van der Waals surface area contributed by atoms with Gasteiger partial charge in [-0.15, -0.1) is 0 Å². The van der Waals surface area contributed by atoms with Crippen molar-refractivity contribution >= 4 is 23.5 Å². The summed E-state index contributed by atoms with van der Waals surface area (Å²) in [6.45, 7) is 7.90. The van der Waals surface area contributed by atoms with Crippen LogP contribution in [0.2, 0.25) is 0 Å². The Balaban J connectivity index is 1.91. The summed E-state index contributed by atoms with van der Waals surface area (Å²) in [7, 11) is 0. The molecule has 2 aromatic rings. The summed E-state index contributed by atoms with van der Waals surface area (Å²) < 4.78 is 5.60. The molecule has 6 nitrogen and oxygen atoms in total. The highest BCUT2D eigenvalue weighted by Gasteiger charge is 2.28. The van der Waals surface area contributed by atoms with Gasteiger partial charge in [0.25, 0.3) is 0 Å². The minimum absolute atomic E-state index is 0.0366. The highest BCUT2D eigenvalue weighted by atomic mass is 16.6. The molecule has 6 heteroatoms. The number of likely N-dealkylation sites (tertiary alicyclic amines) is 1. The van der Waals surface area contributed by atoms with Gasteiger partial charge in [-0.25, -0.2) is 14.7 Å². The topological polar surface area (TPSA) is 62.7 Å². The highest BCUT2D eigenvalue weighted by molar-refractivity contribution is 5.95. The first-order valence-corrected chi connectivity index (χ1v) is 10.1. The summed E-state index contributed by atoms with van der Waals surface area (Å²) in [6, 6.07) is 13.1. The van der Waals surface area contributed by atoms with Gasteiger partial charge in [0.05, 0.1) is 11.7 Å². The number of pyridine rings is 1. The minimum atomic E-state index is -0.617. The molecular formula is C23H29N3O3. The van der Waals surface area contributed by atoms with Crippen molar-refractivity contribution < 1.29 is 14.3 Å². The standard InChI is InChI=1S/C23H29N3O3/c1-17(27)25-15-9-8-12-20(25)18-13-14-21(24-16-18)26(19-10-6-5-7-11-19)22(28)29-23(2,3)4/h5-7,10-11,13-14,16,20H,8-9,12,15H2,1-4H3/t20-/m0/s1. The Morgan fingerprint density at radius 3 is 2.41 bits per heavy atom. The molecule has 2 heterocycles. The predicted molar refractivity (Wildman–Crippen MR) is 113 cm³/mol. The molecule has 2 amide bonds. The fourth-order valence-corrected chi connectivity index (χ4v) is 3.60. The molecule has 1 aliphatic heterocycles. The fraction of sp³-hybridized carbons (Fsp3) is 0.435. The molecule has 0 N–H and O–H groups in total. The van der Waals surface area contributed by atoms with Crippen molar-refractivity contribution in [3.63, 3.8) is 0 Å². The Hall–Kier alpha value is -2.89. The normalized spacial score (nSPS) is 17.0. The molecule has 1 aromatic heterocycles. The lowest BCUT2D eigenvalue weighted by Crippen LogP contribution is -2.37. The van der Waals surface area contributed by atoms with Crippen LogP contribution in [0.4, 0.5) is 16.3 Å². The van der Waals surface area contributed by atoms with E-state index in [1.54, 1.807) is 13.1 Å². The first-order chi connectivity index (χ1) is 13.8. The van der Waals surface area contributed by atoms with Crippen molar-refractivity contribution in [2.24, 2.45) is 0 Å². The second-order valence-electron chi connectivity index (χ2n) is 8.33. The van der Waals surface area contributed by atoms with Gasteiger partial charge in [-0.05, 0) is 63.8 Å². The van der Waals surface area contributed by atoms with Gasteiger partial charge in [-0.1, -0.05) is 24.3 Å². The Kier molecular flexibility index (Phi) is 6.20. The molecule has 0 spiro atoms. The molecule has 0 saturated carbocycles. The molecule has 29 heavy (non-hydrogen) atoms. The summed E-state index contributed by atoms with van der Waals surface area (Å²) in [4.78, 5) is 32.8. The van der Waals surface area contributed by atoms with Crippen LogP contribution in [-0.2, 0) is 9.53 Å². The number of amides is 2. The Morgan fingerprint density at radius 2 is 1.83 bits per heavy atom. The molecule has 3 rings (SSSR count).